The zero-order chi connectivity index (χ0) is 12.3. The molecular weight excluding hydrogens is 216 g/mol. The van der Waals surface area contributed by atoms with E-state index in [1.807, 2.05) is 18.0 Å². The van der Waals surface area contributed by atoms with Crippen LogP contribution in [0.1, 0.15) is 31.2 Å². The fraction of sp³-hybridized carbons (Fsp3) is 0.615. The molecule has 1 aliphatic rings. The van der Waals surface area contributed by atoms with E-state index < -0.39 is 5.60 Å². The maximum Gasteiger partial charge on any atom is 0.128 e. The van der Waals surface area contributed by atoms with Crippen LogP contribution in [-0.4, -0.2) is 34.4 Å². The van der Waals surface area contributed by atoms with Crippen molar-refractivity contribution in [2.45, 2.75) is 37.9 Å². The summed E-state index contributed by atoms with van der Waals surface area (Å²) >= 11 is 0. The molecular formula is C13H20N2O2. The molecule has 1 fully saturated rings. The lowest BCUT2D eigenvalue weighted by Gasteiger charge is -2.29. The van der Waals surface area contributed by atoms with E-state index in [1.165, 1.54) is 0 Å². The monoisotopic (exact) mass is 236 g/mol. The molecule has 0 bridgehead atoms. The van der Waals surface area contributed by atoms with Gasteiger partial charge in [-0.1, -0.05) is 12.8 Å². The van der Waals surface area contributed by atoms with E-state index >= 15 is 0 Å². The Balaban J connectivity index is 2.05. The first-order chi connectivity index (χ1) is 8.13. The summed E-state index contributed by atoms with van der Waals surface area (Å²) in [5, 5.41) is 19.4. The van der Waals surface area contributed by atoms with E-state index in [-0.39, 0.29) is 6.61 Å². The molecule has 17 heavy (non-hydrogen) atoms. The number of hydrogen-bond acceptors (Lipinski definition) is 4. The molecule has 4 heteroatoms. The van der Waals surface area contributed by atoms with Crippen LogP contribution in [-0.2, 0) is 6.61 Å². The Hall–Kier alpha value is -1.13. The minimum Gasteiger partial charge on any atom is -0.392 e. The minimum atomic E-state index is -0.564. The van der Waals surface area contributed by atoms with Gasteiger partial charge in [-0.3, -0.25) is 0 Å². The summed E-state index contributed by atoms with van der Waals surface area (Å²) in [4.78, 5) is 6.23. The van der Waals surface area contributed by atoms with Crippen LogP contribution in [0.4, 0.5) is 5.82 Å². The number of nitrogens with zero attached hydrogens (tertiary/aromatic N) is 2. The Kier molecular flexibility index (Phi) is 3.64. The average molecular weight is 236 g/mol. The van der Waals surface area contributed by atoms with E-state index in [1.54, 1.807) is 12.3 Å². The van der Waals surface area contributed by atoms with Crippen molar-refractivity contribution in [2.75, 3.05) is 18.5 Å². The highest BCUT2D eigenvalue weighted by molar-refractivity contribution is 5.40. The number of hydrogen-bond donors (Lipinski definition) is 2. The zero-order valence-electron chi connectivity index (χ0n) is 10.3. The van der Waals surface area contributed by atoms with Crippen molar-refractivity contribution in [3.8, 4) is 0 Å². The second-order valence-corrected chi connectivity index (χ2v) is 4.97. The van der Waals surface area contributed by atoms with Crippen molar-refractivity contribution >= 4 is 5.82 Å². The first-order valence-electron chi connectivity index (χ1n) is 6.12. The standard InChI is InChI=1S/C13H20N2O2/c1-15(10-13(17)5-2-3-6-13)12-8-11(9-16)4-7-14-12/h4,7-8,16-17H,2-3,5-6,9-10H2,1H3. The summed E-state index contributed by atoms with van der Waals surface area (Å²) < 4.78 is 0. The lowest BCUT2D eigenvalue weighted by molar-refractivity contribution is 0.0558. The van der Waals surface area contributed by atoms with Crippen LogP contribution >= 0.6 is 0 Å². The number of anilines is 1. The van der Waals surface area contributed by atoms with Gasteiger partial charge in [0.05, 0.1) is 12.2 Å². The number of pyridine rings is 1. The molecule has 1 saturated carbocycles. The molecule has 94 valence electrons. The number of aromatic nitrogens is 1. The molecule has 0 saturated heterocycles. The Morgan fingerprint density at radius 1 is 1.41 bits per heavy atom. The third-order valence-corrected chi connectivity index (χ3v) is 3.45. The van der Waals surface area contributed by atoms with Gasteiger partial charge in [0, 0.05) is 19.8 Å². The number of aliphatic hydroxyl groups is 2. The second kappa shape index (κ2) is 5.02. The van der Waals surface area contributed by atoms with Crippen molar-refractivity contribution in [1.29, 1.82) is 0 Å². The van der Waals surface area contributed by atoms with Gasteiger partial charge < -0.3 is 15.1 Å². The normalized spacial score (nSPS) is 18.3. The van der Waals surface area contributed by atoms with Crippen LogP contribution in [0.15, 0.2) is 18.3 Å². The molecule has 0 aromatic carbocycles. The van der Waals surface area contributed by atoms with E-state index in [4.69, 9.17) is 5.11 Å². The van der Waals surface area contributed by atoms with E-state index in [0.717, 1.165) is 37.1 Å². The molecule has 0 amide bonds. The van der Waals surface area contributed by atoms with Crippen LogP contribution in [0, 0.1) is 0 Å². The minimum absolute atomic E-state index is 0.0215. The fourth-order valence-electron chi connectivity index (χ4n) is 2.48. The Bertz CT molecular complexity index is 375. The molecule has 0 unspecified atom stereocenters. The van der Waals surface area contributed by atoms with E-state index in [2.05, 4.69) is 4.98 Å². The second-order valence-electron chi connectivity index (χ2n) is 4.97. The highest BCUT2D eigenvalue weighted by Crippen LogP contribution is 2.30. The number of rotatable bonds is 4. The number of aliphatic hydroxyl groups excluding tert-OH is 1. The molecule has 2 rings (SSSR count). The quantitative estimate of drug-likeness (QED) is 0.827. The van der Waals surface area contributed by atoms with Gasteiger partial charge in [0.1, 0.15) is 5.82 Å². The van der Waals surface area contributed by atoms with Crippen molar-refractivity contribution in [3.05, 3.63) is 23.9 Å². The van der Waals surface area contributed by atoms with Crippen LogP contribution < -0.4 is 4.90 Å². The van der Waals surface area contributed by atoms with Crippen LogP contribution in [0.3, 0.4) is 0 Å². The smallest absolute Gasteiger partial charge is 0.128 e. The molecule has 0 radical (unpaired) electrons. The van der Waals surface area contributed by atoms with Crippen molar-refractivity contribution < 1.29 is 10.2 Å². The highest BCUT2D eigenvalue weighted by Gasteiger charge is 2.32. The summed E-state index contributed by atoms with van der Waals surface area (Å²) in [5.74, 6) is 0.803. The third-order valence-electron chi connectivity index (χ3n) is 3.45. The van der Waals surface area contributed by atoms with E-state index in [9.17, 15) is 5.11 Å². The molecule has 0 spiro atoms. The summed E-state index contributed by atoms with van der Waals surface area (Å²) in [6.45, 7) is 0.627. The van der Waals surface area contributed by atoms with Gasteiger partial charge in [-0.25, -0.2) is 4.98 Å². The first kappa shape index (κ1) is 12.3. The zero-order valence-corrected chi connectivity index (χ0v) is 10.3. The maximum absolute atomic E-state index is 10.3. The topological polar surface area (TPSA) is 56.6 Å². The lowest BCUT2D eigenvalue weighted by atomic mass is 10.0. The van der Waals surface area contributed by atoms with Crippen molar-refractivity contribution in [3.63, 3.8) is 0 Å². The average Bonchev–Trinajstić information content (AvgIpc) is 2.76. The molecule has 4 nitrogen and oxygen atoms in total. The largest absolute Gasteiger partial charge is 0.392 e. The Morgan fingerprint density at radius 2 is 2.12 bits per heavy atom. The molecule has 2 N–H and O–H groups in total. The molecule has 1 aliphatic carbocycles. The van der Waals surface area contributed by atoms with Crippen LogP contribution in [0.2, 0.25) is 0 Å². The lowest BCUT2D eigenvalue weighted by Crippen LogP contribution is -2.39. The van der Waals surface area contributed by atoms with Crippen molar-refractivity contribution in [2.24, 2.45) is 0 Å². The summed E-state index contributed by atoms with van der Waals surface area (Å²) in [5.41, 5.74) is 0.284. The SMILES string of the molecule is CN(CC1(O)CCCC1)c1cc(CO)ccn1. The highest BCUT2D eigenvalue weighted by atomic mass is 16.3. The van der Waals surface area contributed by atoms with Crippen LogP contribution in [0.5, 0.6) is 0 Å². The fourth-order valence-corrected chi connectivity index (χ4v) is 2.48. The summed E-state index contributed by atoms with van der Waals surface area (Å²) in [6.07, 6.45) is 5.65. The predicted octanol–water partition coefficient (Wildman–Crippen LogP) is 1.32. The van der Waals surface area contributed by atoms with Crippen molar-refractivity contribution in [1.82, 2.24) is 4.98 Å². The molecule has 1 aromatic heterocycles. The third kappa shape index (κ3) is 2.96. The molecule has 1 heterocycles. The van der Waals surface area contributed by atoms with Gasteiger partial charge in [-0.2, -0.15) is 0 Å². The summed E-state index contributed by atoms with van der Waals surface area (Å²) in [7, 11) is 1.93. The van der Waals surface area contributed by atoms with Gasteiger partial charge in [0.15, 0.2) is 0 Å². The van der Waals surface area contributed by atoms with E-state index in [0.29, 0.717) is 6.54 Å². The van der Waals surface area contributed by atoms with Gasteiger partial charge in [-0.15, -0.1) is 0 Å². The first-order valence-corrected chi connectivity index (χ1v) is 6.12. The Morgan fingerprint density at radius 3 is 2.76 bits per heavy atom. The van der Waals surface area contributed by atoms with Gasteiger partial charge in [-0.05, 0) is 30.5 Å². The number of likely N-dealkylation sites (N-methyl/N-ethyl adjacent to an activating group) is 1. The molecule has 0 aliphatic heterocycles. The van der Waals surface area contributed by atoms with Gasteiger partial charge in [0.2, 0.25) is 0 Å². The molecule has 0 atom stereocenters. The van der Waals surface area contributed by atoms with Gasteiger partial charge in [0.25, 0.3) is 0 Å². The summed E-state index contributed by atoms with van der Waals surface area (Å²) in [6, 6.07) is 3.65. The van der Waals surface area contributed by atoms with Crippen LogP contribution in [0.25, 0.3) is 0 Å². The Labute approximate surface area is 102 Å². The predicted molar refractivity (Wildman–Crippen MR) is 66.8 cm³/mol. The molecule has 1 aromatic rings. The van der Waals surface area contributed by atoms with Gasteiger partial charge >= 0.3 is 0 Å². The maximum atomic E-state index is 10.3.